The van der Waals surface area contributed by atoms with Crippen LogP contribution in [-0.2, 0) is 4.79 Å². The summed E-state index contributed by atoms with van der Waals surface area (Å²) < 4.78 is 1.27. The van der Waals surface area contributed by atoms with Gasteiger partial charge in [-0.25, -0.2) is 5.43 Å². The highest BCUT2D eigenvalue weighted by Gasteiger charge is 2.31. The van der Waals surface area contributed by atoms with Crippen LogP contribution >= 0.6 is 31.9 Å². The summed E-state index contributed by atoms with van der Waals surface area (Å²) >= 11 is 6.49. The number of aromatic hydroxyl groups is 1. The second-order valence-corrected chi connectivity index (χ2v) is 6.03. The summed E-state index contributed by atoms with van der Waals surface area (Å²) in [5, 5.41) is 23.6. The van der Waals surface area contributed by atoms with Crippen LogP contribution in [0.3, 0.4) is 0 Å². The number of benzene rings is 1. The van der Waals surface area contributed by atoms with Gasteiger partial charge in [0.15, 0.2) is 0 Å². The number of halogens is 2. The van der Waals surface area contributed by atoms with Gasteiger partial charge in [0.1, 0.15) is 11.4 Å². The van der Waals surface area contributed by atoms with E-state index >= 15 is 0 Å². The molecule has 0 heterocycles. The largest absolute Gasteiger partial charge is 0.506 e. The average molecular weight is 408 g/mol. The number of aliphatic hydroxyl groups is 1. The van der Waals surface area contributed by atoms with Crippen molar-refractivity contribution < 1.29 is 15.0 Å². The van der Waals surface area contributed by atoms with E-state index in [2.05, 4.69) is 42.4 Å². The number of hydrogen-bond donors (Lipinski definition) is 3. The number of nitrogens with one attached hydrogen (secondary N) is 1. The molecule has 0 aliphatic rings. The first-order valence-electron chi connectivity index (χ1n) is 6.08. The summed E-state index contributed by atoms with van der Waals surface area (Å²) in [4.78, 5) is 11.8. The number of hydrogen-bond acceptors (Lipinski definition) is 4. The topological polar surface area (TPSA) is 81.9 Å². The van der Waals surface area contributed by atoms with Crippen LogP contribution in [0.5, 0.6) is 5.75 Å². The number of nitrogens with zero attached hydrogens (tertiary/aromatic N) is 1. The predicted octanol–water partition coefficient (Wildman–Crippen LogP) is 2.92. The number of rotatable bonds is 5. The maximum Gasteiger partial charge on any atom is 0.271 e. The zero-order valence-electron chi connectivity index (χ0n) is 11.2. The molecule has 0 aliphatic carbocycles. The van der Waals surface area contributed by atoms with Gasteiger partial charge in [-0.05, 0) is 40.9 Å². The molecule has 0 bridgehead atoms. The van der Waals surface area contributed by atoms with Crippen molar-refractivity contribution in [1.29, 1.82) is 0 Å². The first-order valence-corrected chi connectivity index (χ1v) is 7.66. The molecule has 0 fully saturated rings. The molecular formula is C13H16Br2N2O3. The van der Waals surface area contributed by atoms with Crippen molar-refractivity contribution >= 4 is 44.0 Å². The molecule has 5 nitrogen and oxygen atoms in total. The highest BCUT2D eigenvalue weighted by molar-refractivity contribution is 9.11. The predicted molar refractivity (Wildman–Crippen MR) is 84.8 cm³/mol. The molecule has 0 aromatic heterocycles. The highest BCUT2D eigenvalue weighted by atomic mass is 79.9. The molecule has 0 saturated heterocycles. The summed E-state index contributed by atoms with van der Waals surface area (Å²) in [6.07, 6.45) is 1.92. The van der Waals surface area contributed by atoms with Crippen LogP contribution in [0.4, 0.5) is 0 Å². The van der Waals surface area contributed by atoms with Crippen LogP contribution in [-0.4, -0.2) is 27.9 Å². The second kappa shape index (κ2) is 7.19. The molecule has 1 aromatic rings. The summed E-state index contributed by atoms with van der Waals surface area (Å²) in [7, 11) is 0. The molecule has 1 rings (SSSR count). The van der Waals surface area contributed by atoms with Gasteiger partial charge in [-0.3, -0.25) is 4.79 Å². The van der Waals surface area contributed by atoms with Crippen molar-refractivity contribution in [3.8, 4) is 5.75 Å². The minimum atomic E-state index is -1.42. The monoisotopic (exact) mass is 406 g/mol. The van der Waals surface area contributed by atoms with Crippen molar-refractivity contribution in [1.82, 2.24) is 5.43 Å². The van der Waals surface area contributed by atoms with Gasteiger partial charge in [-0.2, -0.15) is 5.10 Å². The molecule has 7 heteroatoms. The fraction of sp³-hybridized carbons (Fsp3) is 0.385. The van der Waals surface area contributed by atoms with Crippen molar-refractivity contribution in [2.45, 2.75) is 32.3 Å². The van der Waals surface area contributed by atoms with Crippen molar-refractivity contribution in [3.05, 3.63) is 26.6 Å². The zero-order valence-corrected chi connectivity index (χ0v) is 14.3. The molecule has 20 heavy (non-hydrogen) atoms. The number of amides is 1. The van der Waals surface area contributed by atoms with E-state index in [-0.39, 0.29) is 5.75 Å². The van der Waals surface area contributed by atoms with Gasteiger partial charge >= 0.3 is 0 Å². The molecule has 1 aromatic carbocycles. The minimum Gasteiger partial charge on any atom is -0.506 e. The van der Waals surface area contributed by atoms with Gasteiger partial charge in [0.2, 0.25) is 0 Å². The quantitative estimate of drug-likeness (QED) is 0.518. The Balaban J connectivity index is 2.83. The van der Waals surface area contributed by atoms with Crippen LogP contribution in [0.15, 0.2) is 26.2 Å². The molecule has 0 spiro atoms. The van der Waals surface area contributed by atoms with E-state index < -0.39 is 11.5 Å². The van der Waals surface area contributed by atoms with E-state index in [1.165, 1.54) is 6.21 Å². The molecule has 3 N–H and O–H groups in total. The number of carbonyl (C=O) groups is 1. The third-order valence-corrected chi connectivity index (χ3v) is 4.08. The van der Waals surface area contributed by atoms with Gasteiger partial charge in [-0.1, -0.05) is 29.8 Å². The Hall–Kier alpha value is -0.920. The molecule has 0 unspecified atom stereocenters. The lowest BCUT2D eigenvalue weighted by atomic mass is 9.97. The SMILES string of the molecule is CCC(O)(CC)C(=O)N/N=C/c1cc(Br)cc(Br)c1O. The Kier molecular flexibility index (Phi) is 6.16. The van der Waals surface area contributed by atoms with Gasteiger partial charge in [0, 0.05) is 10.0 Å². The van der Waals surface area contributed by atoms with Crippen LogP contribution in [0.25, 0.3) is 0 Å². The van der Waals surface area contributed by atoms with Gasteiger partial charge in [-0.15, -0.1) is 0 Å². The number of phenols is 1. The molecule has 0 aliphatic heterocycles. The minimum absolute atomic E-state index is 0.0208. The van der Waals surface area contributed by atoms with E-state index in [0.717, 1.165) is 4.47 Å². The Morgan fingerprint density at radius 2 is 2.00 bits per heavy atom. The van der Waals surface area contributed by atoms with Gasteiger partial charge in [0.25, 0.3) is 5.91 Å². The summed E-state index contributed by atoms with van der Waals surface area (Å²) in [5.74, 6) is -0.542. The lowest BCUT2D eigenvalue weighted by Crippen LogP contribution is -2.44. The molecule has 110 valence electrons. The smallest absolute Gasteiger partial charge is 0.271 e. The van der Waals surface area contributed by atoms with Crippen molar-refractivity contribution in [2.24, 2.45) is 5.10 Å². The number of carbonyl (C=O) groups excluding carboxylic acids is 1. The Morgan fingerprint density at radius 3 is 2.55 bits per heavy atom. The van der Waals surface area contributed by atoms with E-state index in [1.807, 2.05) is 0 Å². The third-order valence-electron chi connectivity index (χ3n) is 3.02. The number of phenolic OH excluding ortho intramolecular Hbond substituents is 1. The maximum absolute atomic E-state index is 11.8. The third kappa shape index (κ3) is 4.04. The fourth-order valence-corrected chi connectivity index (χ4v) is 2.78. The van der Waals surface area contributed by atoms with E-state index in [9.17, 15) is 15.0 Å². The first kappa shape index (κ1) is 17.1. The molecule has 0 saturated carbocycles. The summed E-state index contributed by atoms with van der Waals surface area (Å²) in [5.41, 5.74) is 1.29. The Morgan fingerprint density at radius 1 is 1.40 bits per heavy atom. The molecule has 1 amide bonds. The average Bonchev–Trinajstić information content (AvgIpc) is 2.42. The highest BCUT2D eigenvalue weighted by Crippen LogP contribution is 2.30. The molecule has 0 radical (unpaired) electrons. The van der Waals surface area contributed by atoms with Gasteiger partial charge < -0.3 is 10.2 Å². The van der Waals surface area contributed by atoms with Crippen LogP contribution < -0.4 is 5.43 Å². The zero-order chi connectivity index (χ0) is 15.3. The van der Waals surface area contributed by atoms with Crippen LogP contribution in [0.2, 0.25) is 0 Å². The fourth-order valence-electron chi connectivity index (χ4n) is 1.52. The standard InChI is InChI=1S/C13H16Br2N2O3/c1-3-13(20,4-2)12(19)17-16-7-8-5-9(14)6-10(15)11(8)18/h5-7,18,20H,3-4H2,1-2H3,(H,17,19)/b16-7+. The molecule has 0 atom stereocenters. The van der Waals surface area contributed by atoms with Gasteiger partial charge in [0.05, 0.1) is 10.7 Å². The molecular weight excluding hydrogens is 392 g/mol. The summed E-state index contributed by atoms with van der Waals surface area (Å²) in [6, 6.07) is 3.35. The Bertz CT molecular complexity index is 529. The normalized spacial score (nSPS) is 11.8. The van der Waals surface area contributed by atoms with Crippen molar-refractivity contribution in [2.75, 3.05) is 0 Å². The Labute approximate surface area is 134 Å². The maximum atomic E-state index is 11.8. The van der Waals surface area contributed by atoms with Crippen molar-refractivity contribution in [3.63, 3.8) is 0 Å². The lowest BCUT2D eigenvalue weighted by molar-refractivity contribution is -0.140. The van der Waals surface area contributed by atoms with Crippen LogP contribution in [0, 0.1) is 0 Å². The van der Waals surface area contributed by atoms with Crippen LogP contribution in [0.1, 0.15) is 32.3 Å². The lowest BCUT2D eigenvalue weighted by Gasteiger charge is -2.22. The second-order valence-electron chi connectivity index (χ2n) is 4.26. The number of hydrazone groups is 1. The first-order chi connectivity index (χ1) is 9.34. The van der Waals surface area contributed by atoms with E-state index in [4.69, 9.17) is 0 Å². The summed E-state index contributed by atoms with van der Waals surface area (Å²) in [6.45, 7) is 3.45. The van der Waals surface area contributed by atoms with E-state index in [1.54, 1.807) is 26.0 Å². The van der Waals surface area contributed by atoms with E-state index in [0.29, 0.717) is 22.9 Å².